The highest BCUT2D eigenvalue weighted by Gasteiger charge is 2.35. The second-order valence-electron chi connectivity index (χ2n) is 11.8. The smallest absolute Gasteiger partial charge is 0.341 e. The molecule has 0 spiro atoms. The van der Waals surface area contributed by atoms with E-state index in [0.717, 1.165) is 57.5 Å². The van der Waals surface area contributed by atoms with Gasteiger partial charge in [0.15, 0.2) is 0 Å². The third kappa shape index (κ3) is 7.21. The van der Waals surface area contributed by atoms with Crippen molar-refractivity contribution in [2.24, 2.45) is 18.9 Å². The van der Waals surface area contributed by atoms with Crippen LogP contribution in [0.15, 0.2) is 24.7 Å². The molecule has 12 nitrogen and oxygen atoms in total. The van der Waals surface area contributed by atoms with Gasteiger partial charge in [0.2, 0.25) is 5.91 Å². The monoisotopic (exact) mass is 581 g/mol. The van der Waals surface area contributed by atoms with Gasteiger partial charge in [0, 0.05) is 69.7 Å². The van der Waals surface area contributed by atoms with E-state index in [2.05, 4.69) is 25.6 Å². The molecule has 3 fully saturated rings. The predicted octanol–water partition coefficient (Wildman–Crippen LogP) is 3.49. The lowest BCUT2D eigenvalue weighted by molar-refractivity contribution is -0.146. The van der Waals surface area contributed by atoms with Crippen LogP contribution in [0.3, 0.4) is 0 Å². The van der Waals surface area contributed by atoms with Crippen LogP contribution in [0.2, 0.25) is 0 Å². The first kappa shape index (κ1) is 29.8. The van der Waals surface area contributed by atoms with E-state index in [9.17, 15) is 19.5 Å². The quantitative estimate of drug-likeness (QED) is 0.377. The summed E-state index contributed by atoms with van der Waals surface area (Å²) in [6.07, 6.45) is 11.8. The number of carboxylic acids is 1. The fourth-order valence-electron chi connectivity index (χ4n) is 6.61. The van der Waals surface area contributed by atoms with E-state index < -0.39 is 11.9 Å². The Labute approximate surface area is 246 Å². The van der Waals surface area contributed by atoms with Crippen LogP contribution < -0.4 is 10.6 Å². The average molecular weight is 582 g/mol. The Balaban J connectivity index is 1.12. The molecule has 3 aliphatic rings. The lowest BCUT2D eigenvalue weighted by Crippen LogP contribution is -2.54. The van der Waals surface area contributed by atoms with E-state index in [0.29, 0.717) is 55.4 Å². The Hall–Kier alpha value is -3.67. The first-order chi connectivity index (χ1) is 20.3. The molecule has 0 bridgehead atoms. The number of carboxylic acid groups (broad SMARTS) is 1. The Morgan fingerprint density at radius 2 is 1.67 bits per heavy atom. The summed E-state index contributed by atoms with van der Waals surface area (Å²) in [5.74, 6) is -0.621. The molecule has 2 aromatic rings. The number of hydrogen-bond donors (Lipinski definition) is 3. The molecule has 228 valence electrons. The number of amides is 1. The zero-order valence-electron chi connectivity index (χ0n) is 24.6. The molecule has 42 heavy (non-hydrogen) atoms. The summed E-state index contributed by atoms with van der Waals surface area (Å²) in [5, 5.41) is 20.3. The summed E-state index contributed by atoms with van der Waals surface area (Å²) >= 11 is 0. The molecule has 2 aliphatic carbocycles. The van der Waals surface area contributed by atoms with Crippen molar-refractivity contribution in [3.63, 3.8) is 0 Å². The topological polar surface area (TPSA) is 142 Å². The Kier molecular flexibility index (Phi) is 9.61. The van der Waals surface area contributed by atoms with Gasteiger partial charge >= 0.3 is 11.9 Å². The molecule has 2 aromatic heterocycles. The number of aromatic nitrogens is 3. The standard InChI is InChI=1S/C30H43N7O5/c1-3-42-30(41)25-18-31-27(34-23-17-32-35(2)19-23)16-26(25)33-22-8-10-24(11-9-22)36-12-14-37(15-13-36)28(38)20-4-6-21(7-5-20)29(39)40/h16-22,24H,3-15H2,1-2H3,(H,39,40)(H2,31,33,34). The van der Waals surface area contributed by atoms with Crippen molar-refractivity contribution in [3.8, 4) is 0 Å². The van der Waals surface area contributed by atoms with Crippen molar-refractivity contribution in [1.29, 1.82) is 0 Å². The number of aryl methyl sites for hydroxylation is 1. The van der Waals surface area contributed by atoms with Crippen molar-refractivity contribution >= 4 is 35.0 Å². The molecular weight excluding hydrogens is 538 g/mol. The fraction of sp³-hybridized carbons (Fsp3) is 0.633. The number of pyridine rings is 1. The molecule has 1 aliphatic heterocycles. The molecular formula is C30H43N7O5. The van der Waals surface area contributed by atoms with Gasteiger partial charge in [0.1, 0.15) is 11.4 Å². The highest BCUT2D eigenvalue weighted by molar-refractivity contribution is 5.96. The zero-order chi connectivity index (χ0) is 29.6. The van der Waals surface area contributed by atoms with Gasteiger partial charge in [0.05, 0.1) is 30.1 Å². The van der Waals surface area contributed by atoms with Gasteiger partial charge in [-0.1, -0.05) is 0 Å². The van der Waals surface area contributed by atoms with Crippen LogP contribution in [0.5, 0.6) is 0 Å². The number of carbonyl (C=O) groups is 3. The molecule has 0 unspecified atom stereocenters. The molecule has 12 heteroatoms. The van der Waals surface area contributed by atoms with Gasteiger partial charge in [-0.05, 0) is 58.3 Å². The number of rotatable bonds is 9. The number of aliphatic carboxylic acids is 1. The second-order valence-corrected chi connectivity index (χ2v) is 11.8. The molecule has 0 atom stereocenters. The van der Waals surface area contributed by atoms with Crippen LogP contribution in [0.25, 0.3) is 0 Å². The fourth-order valence-corrected chi connectivity index (χ4v) is 6.61. The summed E-state index contributed by atoms with van der Waals surface area (Å²) in [6, 6.07) is 2.57. The Morgan fingerprint density at radius 3 is 2.29 bits per heavy atom. The first-order valence-electron chi connectivity index (χ1n) is 15.3. The molecule has 0 radical (unpaired) electrons. The van der Waals surface area contributed by atoms with E-state index in [1.165, 1.54) is 0 Å². The maximum Gasteiger partial charge on any atom is 0.341 e. The molecule has 0 aromatic carbocycles. The number of carbonyl (C=O) groups excluding carboxylic acids is 2. The maximum atomic E-state index is 13.1. The van der Waals surface area contributed by atoms with E-state index in [1.807, 2.05) is 24.2 Å². The van der Waals surface area contributed by atoms with Gasteiger partial charge in [-0.25, -0.2) is 9.78 Å². The Bertz CT molecular complexity index is 1240. The minimum Gasteiger partial charge on any atom is -0.481 e. The molecule has 5 rings (SSSR count). The van der Waals surface area contributed by atoms with Gasteiger partial charge in [-0.2, -0.15) is 5.10 Å². The highest BCUT2D eigenvalue weighted by atomic mass is 16.5. The van der Waals surface area contributed by atoms with Crippen LogP contribution in [0.4, 0.5) is 17.2 Å². The van der Waals surface area contributed by atoms with E-state index in [1.54, 1.807) is 24.0 Å². The highest BCUT2D eigenvalue weighted by Crippen LogP contribution is 2.32. The maximum absolute atomic E-state index is 13.1. The van der Waals surface area contributed by atoms with Gasteiger partial charge < -0.3 is 25.4 Å². The van der Waals surface area contributed by atoms with Crippen molar-refractivity contribution in [3.05, 3.63) is 30.2 Å². The lowest BCUT2D eigenvalue weighted by atomic mass is 9.81. The number of hydrogen-bond acceptors (Lipinski definition) is 9. The number of nitrogens with one attached hydrogen (secondary N) is 2. The summed E-state index contributed by atoms with van der Waals surface area (Å²) in [7, 11) is 1.85. The van der Waals surface area contributed by atoms with Crippen LogP contribution in [-0.4, -0.2) is 92.4 Å². The minimum absolute atomic E-state index is 0.0265. The summed E-state index contributed by atoms with van der Waals surface area (Å²) < 4.78 is 6.99. The number of nitrogens with zero attached hydrogens (tertiary/aromatic N) is 5. The second kappa shape index (κ2) is 13.5. The lowest BCUT2D eigenvalue weighted by Gasteiger charge is -2.43. The molecule has 1 amide bonds. The molecule has 2 saturated carbocycles. The Morgan fingerprint density at radius 1 is 0.976 bits per heavy atom. The van der Waals surface area contributed by atoms with Gasteiger partial charge in [-0.15, -0.1) is 0 Å². The molecule has 3 heterocycles. The molecule has 1 saturated heterocycles. The van der Waals surface area contributed by atoms with Crippen LogP contribution in [0.1, 0.15) is 68.6 Å². The summed E-state index contributed by atoms with van der Waals surface area (Å²) in [6.45, 7) is 5.31. The zero-order valence-corrected chi connectivity index (χ0v) is 24.6. The van der Waals surface area contributed by atoms with E-state index in [-0.39, 0.29) is 23.8 Å². The number of esters is 1. The van der Waals surface area contributed by atoms with Crippen molar-refractivity contribution in [1.82, 2.24) is 24.6 Å². The number of piperazine rings is 1. The predicted molar refractivity (Wildman–Crippen MR) is 158 cm³/mol. The van der Waals surface area contributed by atoms with Crippen molar-refractivity contribution < 1.29 is 24.2 Å². The number of ether oxygens (including phenoxy) is 1. The SMILES string of the molecule is CCOC(=O)c1cnc(Nc2cnn(C)c2)cc1NC1CCC(N2CCN(C(=O)C3CCC(C(=O)O)CC3)CC2)CC1. The van der Waals surface area contributed by atoms with E-state index >= 15 is 0 Å². The summed E-state index contributed by atoms with van der Waals surface area (Å²) in [4.78, 5) is 45.9. The average Bonchev–Trinajstić information content (AvgIpc) is 3.41. The van der Waals surface area contributed by atoms with Gasteiger partial charge in [0.25, 0.3) is 0 Å². The third-order valence-electron chi connectivity index (χ3n) is 9.00. The van der Waals surface area contributed by atoms with Crippen LogP contribution in [-0.2, 0) is 21.4 Å². The first-order valence-corrected chi connectivity index (χ1v) is 15.3. The number of anilines is 3. The minimum atomic E-state index is -0.734. The largest absolute Gasteiger partial charge is 0.481 e. The van der Waals surface area contributed by atoms with Gasteiger partial charge in [-0.3, -0.25) is 19.2 Å². The normalized spacial score (nSPS) is 25.0. The molecule has 3 N–H and O–H groups in total. The summed E-state index contributed by atoms with van der Waals surface area (Å²) in [5.41, 5.74) is 1.95. The van der Waals surface area contributed by atoms with Crippen LogP contribution in [0, 0.1) is 11.8 Å². The van der Waals surface area contributed by atoms with Crippen molar-refractivity contribution in [2.45, 2.75) is 70.4 Å². The van der Waals surface area contributed by atoms with E-state index in [4.69, 9.17) is 4.74 Å². The van der Waals surface area contributed by atoms with Crippen LogP contribution >= 0.6 is 0 Å². The third-order valence-corrected chi connectivity index (χ3v) is 9.00. The van der Waals surface area contributed by atoms with Crippen molar-refractivity contribution in [2.75, 3.05) is 43.4 Å².